The Bertz CT molecular complexity index is 1090. The van der Waals surface area contributed by atoms with Gasteiger partial charge in [0.2, 0.25) is 11.2 Å². The molecule has 1 aromatic rings. The number of esters is 2. The molecule has 33 heavy (non-hydrogen) atoms. The lowest BCUT2D eigenvalue weighted by Gasteiger charge is -2.23. The molecule has 12 heteroatoms. The van der Waals surface area contributed by atoms with Crippen molar-refractivity contribution in [2.75, 3.05) is 26.9 Å². The molecule has 1 unspecified atom stereocenters. The molecule has 0 saturated carbocycles. The van der Waals surface area contributed by atoms with Crippen LogP contribution in [0.15, 0.2) is 23.8 Å². The number of hydrogen-bond acceptors (Lipinski definition) is 9. The molecule has 9 nitrogen and oxygen atoms in total. The van der Waals surface area contributed by atoms with Crippen LogP contribution in [0.2, 0.25) is 10.0 Å². The topological polar surface area (TPSA) is 132 Å². The molecule has 1 N–H and O–H groups in total. The van der Waals surface area contributed by atoms with Gasteiger partial charge in [0.05, 0.1) is 38.6 Å². The van der Waals surface area contributed by atoms with Crippen LogP contribution in [0, 0.1) is 16.7 Å². The molecule has 2 rings (SSSR count). The minimum Gasteiger partial charge on any atom is -0.465 e. The minimum absolute atomic E-state index is 0.0634. The van der Waals surface area contributed by atoms with Gasteiger partial charge in [-0.1, -0.05) is 29.3 Å². The lowest BCUT2D eigenvalue weighted by Crippen LogP contribution is -2.40. The highest BCUT2D eigenvalue weighted by Gasteiger charge is 2.63. The third-order valence-corrected chi connectivity index (χ3v) is 7.50. The Balaban J connectivity index is 3.27. The van der Waals surface area contributed by atoms with Crippen molar-refractivity contribution in [2.24, 2.45) is 5.41 Å². The Morgan fingerprint density at radius 3 is 2.09 bits per heavy atom. The number of nitrogens with zero attached hydrogens (tertiary/aromatic N) is 1. The van der Waals surface area contributed by atoms with Gasteiger partial charge in [0.1, 0.15) is 5.29 Å². The molecule has 1 atom stereocenters. The van der Waals surface area contributed by atoms with Gasteiger partial charge in [0.15, 0.2) is 0 Å². The number of methoxy groups -OCH3 is 1. The molecule has 0 saturated heterocycles. The number of benzene rings is 1. The Morgan fingerprint density at radius 1 is 1.12 bits per heavy atom. The zero-order valence-electron chi connectivity index (χ0n) is 18.3. The van der Waals surface area contributed by atoms with Gasteiger partial charge in [0.25, 0.3) is 7.57 Å². The summed E-state index contributed by atoms with van der Waals surface area (Å²) in [6.45, 7) is 4.12. The molecule has 0 bridgehead atoms. The second-order valence-corrected chi connectivity index (χ2v) is 9.27. The monoisotopic (exact) mass is 517 g/mol. The largest absolute Gasteiger partial charge is 0.465 e. The molecule has 0 aliphatic heterocycles. The summed E-state index contributed by atoms with van der Waals surface area (Å²) in [5.74, 6) is -3.66. The highest BCUT2D eigenvalue weighted by Crippen LogP contribution is 2.57. The second kappa shape index (κ2) is 10.8. The predicted octanol–water partition coefficient (Wildman–Crippen LogP) is 3.58. The van der Waals surface area contributed by atoms with Crippen molar-refractivity contribution in [1.82, 2.24) is 0 Å². The fourth-order valence-corrected chi connectivity index (χ4v) is 5.96. The summed E-state index contributed by atoms with van der Waals surface area (Å²) in [6, 6.07) is 5.97. The summed E-state index contributed by atoms with van der Waals surface area (Å²) in [4.78, 5) is 51.3. The van der Waals surface area contributed by atoms with Crippen LogP contribution in [-0.4, -0.2) is 54.8 Å². The van der Waals surface area contributed by atoms with Gasteiger partial charge in [0, 0.05) is 21.2 Å². The highest BCUT2D eigenvalue weighted by molar-refractivity contribution is 7.65. The highest BCUT2D eigenvalue weighted by atomic mass is 35.5. The molecular formula is C21H22Cl2NO8P. The van der Waals surface area contributed by atoms with Crippen molar-refractivity contribution in [3.63, 3.8) is 0 Å². The van der Waals surface area contributed by atoms with Crippen LogP contribution >= 0.6 is 30.8 Å². The van der Waals surface area contributed by atoms with E-state index in [9.17, 15) is 24.5 Å². The van der Waals surface area contributed by atoms with Gasteiger partial charge in [-0.05, 0) is 32.9 Å². The van der Waals surface area contributed by atoms with Gasteiger partial charge < -0.3 is 23.4 Å². The number of rotatable bonds is 8. The molecular weight excluding hydrogens is 496 g/mol. The third kappa shape index (κ3) is 4.47. The van der Waals surface area contributed by atoms with Crippen LogP contribution in [-0.2, 0) is 32.9 Å². The Morgan fingerprint density at radius 2 is 1.67 bits per heavy atom. The SMILES string of the molecule is CCOC(=O)C1(C#N)C(=O)C(=P(O)(OCC)OCC)C(C(=O)OC)=C1c1c(Cl)cccc1Cl. The number of hydrogen-bond donors (Lipinski definition) is 1. The summed E-state index contributed by atoms with van der Waals surface area (Å²) in [7, 11) is -3.25. The number of nitriles is 1. The summed E-state index contributed by atoms with van der Waals surface area (Å²) in [5.41, 5.74) is -3.93. The van der Waals surface area contributed by atoms with Gasteiger partial charge in [-0.3, -0.25) is 4.79 Å². The number of ketones is 1. The first-order valence-electron chi connectivity index (χ1n) is 9.80. The van der Waals surface area contributed by atoms with Crippen LogP contribution in [0.1, 0.15) is 26.3 Å². The fraction of sp³-hybridized carbons (Fsp3) is 0.381. The number of halogens is 2. The van der Waals surface area contributed by atoms with E-state index < -0.39 is 47.1 Å². The predicted molar refractivity (Wildman–Crippen MR) is 122 cm³/mol. The lowest BCUT2D eigenvalue weighted by atomic mass is 9.78. The van der Waals surface area contributed by atoms with E-state index in [0.29, 0.717) is 0 Å². The summed E-state index contributed by atoms with van der Waals surface area (Å²) in [5, 5.41) is 9.38. The maximum atomic E-state index is 13.8. The molecule has 0 radical (unpaired) electrons. The van der Waals surface area contributed by atoms with Crippen molar-refractivity contribution in [2.45, 2.75) is 20.8 Å². The zero-order valence-corrected chi connectivity index (χ0v) is 20.7. The smallest absolute Gasteiger partial charge is 0.339 e. The Labute approximate surface area is 201 Å². The summed E-state index contributed by atoms with van der Waals surface area (Å²) in [6.07, 6.45) is 0. The first kappa shape index (κ1) is 27.1. The van der Waals surface area contributed by atoms with E-state index in [4.69, 9.17) is 41.7 Å². The number of Topliss-reactive ketones (excluding diaryl/α,β-unsaturated/α-hetero) is 1. The maximum Gasteiger partial charge on any atom is 0.339 e. The van der Waals surface area contributed by atoms with E-state index in [0.717, 1.165) is 7.11 Å². The Kier molecular flexibility index (Phi) is 8.88. The average Bonchev–Trinajstić information content (AvgIpc) is 3.03. The quantitative estimate of drug-likeness (QED) is 0.312. The van der Waals surface area contributed by atoms with E-state index >= 15 is 0 Å². The van der Waals surface area contributed by atoms with Gasteiger partial charge in [-0.25, -0.2) is 9.59 Å². The number of carbonyl (C=O) groups excluding carboxylic acids is 3. The zero-order chi connectivity index (χ0) is 25.0. The van der Waals surface area contributed by atoms with E-state index in [1.54, 1.807) is 6.07 Å². The van der Waals surface area contributed by atoms with Crippen LogP contribution in [0.5, 0.6) is 0 Å². The van der Waals surface area contributed by atoms with Crippen LogP contribution in [0.4, 0.5) is 0 Å². The van der Waals surface area contributed by atoms with E-state index in [-0.39, 0.29) is 35.4 Å². The average molecular weight is 518 g/mol. The first-order valence-corrected chi connectivity index (χ1v) is 12.1. The third-order valence-electron chi connectivity index (χ3n) is 4.66. The van der Waals surface area contributed by atoms with Crippen LogP contribution in [0.3, 0.4) is 0 Å². The first-order chi connectivity index (χ1) is 15.6. The molecule has 1 aliphatic rings. The molecule has 0 aromatic heterocycles. The van der Waals surface area contributed by atoms with E-state index in [2.05, 4.69) is 0 Å². The standard InChI is InChI=1S/C21H22Cl2NO8P/c1-5-30-20(27)21(11-24)16(14-12(22)9-8-10-13(14)23)15(19(26)29-4)17(18(21)25)33(28,31-6-2)32-7-3/h8-10,28H,5-7H2,1-4H3. The normalized spacial score (nSPS) is 18.4. The van der Waals surface area contributed by atoms with E-state index in [1.807, 2.05) is 0 Å². The van der Waals surface area contributed by atoms with Crippen molar-refractivity contribution < 1.29 is 37.8 Å². The molecule has 0 fully saturated rings. The summed E-state index contributed by atoms with van der Waals surface area (Å²) >= 11 is 12.7. The molecule has 1 aromatic carbocycles. The molecule has 0 spiro atoms. The lowest BCUT2D eigenvalue weighted by molar-refractivity contribution is -0.151. The van der Waals surface area contributed by atoms with Gasteiger partial charge in [-0.2, -0.15) is 5.26 Å². The number of carbonyl (C=O) groups is 3. The van der Waals surface area contributed by atoms with Gasteiger partial charge in [-0.15, -0.1) is 0 Å². The maximum absolute atomic E-state index is 13.8. The minimum atomic E-state index is -4.27. The molecule has 1 aliphatic carbocycles. The van der Waals surface area contributed by atoms with Gasteiger partial charge >= 0.3 is 11.9 Å². The van der Waals surface area contributed by atoms with Crippen molar-refractivity contribution >= 4 is 59.4 Å². The van der Waals surface area contributed by atoms with Crippen LogP contribution in [0.25, 0.3) is 5.57 Å². The summed E-state index contributed by atoms with van der Waals surface area (Å²) < 4.78 is 20.7. The van der Waals surface area contributed by atoms with Crippen molar-refractivity contribution in [1.29, 1.82) is 5.26 Å². The molecule has 0 heterocycles. The van der Waals surface area contributed by atoms with Crippen molar-refractivity contribution in [3.05, 3.63) is 39.4 Å². The van der Waals surface area contributed by atoms with E-state index in [1.165, 1.54) is 39.0 Å². The van der Waals surface area contributed by atoms with Crippen molar-refractivity contribution in [3.8, 4) is 6.07 Å². The Hall–Kier alpha value is -2.18. The fourth-order valence-electron chi connectivity index (χ4n) is 3.43. The molecule has 0 amide bonds. The second-order valence-electron chi connectivity index (χ2n) is 6.45. The molecule has 178 valence electrons. The van der Waals surface area contributed by atoms with Crippen LogP contribution < -0.4 is 0 Å². The number of ether oxygens (including phenoxy) is 2.